The Hall–Kier alpha value is -3.17. The van der Waals surface area contributed by atoms with Gasteiger partial charge in [-0.05, 0) is 54.3 Å². The Labute approximate surface area is 233 Å². The third-order valence-corrected chi connectivity index (χ3v) is 8.85. The molecule has 0 spiro atoms. The van der Waals surface area contributed by atoms with Crippen LogP contribution in [0.4, 0.5) is 17.3 Å². The molecular weight excluding hydrogens is 542 g/mol. The van der Waals surface area contributed by atoms with Gasteiger partial charge in [0.05, 0.1) is 11.3 Å². The number of benzene rings is 2. The summed E-state index contributed by atoms with van der Waals surface area (Å²) in [5.41, 5.74) is 3.53. The van der Waals surface area contributed by atoms with Gasteiger partial charge in [-0.2, -0.15) is 5.26 Å². The van der Waals surface area contributed by atoms with Gasteiger partial charge in [0.1, 0.15) is 27.9 Å². The minimum absolute atomic E-state index is 0.0871. The molecule has 0 N–H and O–H groups in total. The molecule has 9 nitrogen and oxygen atoms in total. The lowest BCUT2D eigenvalue weighted by atomic mass is 10.1. The summed E-state index contributed by atoms with van der Waals surface area (Å²) >= 11 is 7.74. The first-order valence-electron chi connectivity index (χ1n) is 12.1. The third kappa shape index (κ3) is 5.49. The molecule has 1 aromatic heterocycles. The monoisotopic (exact) mass is 567 g/mol. The van der Waals surface area contributed by atoms with E-state index >= 15 is 0 Å². The highest BCUT2D eigenvalue weighted by Gasteiger charge is 2.29. The molecule has 38 heavy (non-hydrogen) atoms. The minimum atomic E-state index is -1.23. The average molecular weight is 568 g/mol. The molecule has 12 heteroatoms. The molecule has 1 fully saturated rings. The van der Waals surface area contributed by atoms with Gasteiger partial charge in [0.2, 0.25) is 5.95 Å². The molecule has 3 heterocycles. The van der Waals surface area contributed by atoms with Gasteiger partial charge in [-0.15, -0.1) is 0 Å². The number of carbonyl (C=O) groups excluding carboxylic acids is 1. The van der Waals surface area contributed by atoms with Crippen LogP contribution in [0, 0.1) is 11.3 Å². The van der Waals surface area contributed by atoms with Gasteiger partial charge in [0.25, 0.3) is 5.91 Å². The molecular formula is C26H26ClN7O2S2. The Kier molecular flexibility index (Phi) is 7.85. The Morgan fingerprint density at radius 2 is 1.87 bits per heavy atom. The summed E-state index contributed by atoms with van der Waals surface area (Å²) in [4.78, 5) is 27.1. The number of carbonyl (C=O) groups is 1. The quantitative estimate of drug-likeness (QED) is 0.328. The lowest BCUT2D eigenvalue weighted by molar-refractivity contribution is 0.0990. The topological polar surface area (TPSA) is 96.7 Å². The number of hydrogen-bond donors (Lipinski definition) is 0. The van der Waals surface area contributed by atoms with Gasteiger partial charge in [-0.25, -0.2) is 18.5 Å². The standard InChI is InChI=1S/C26H26ClN7O2S2/c1-31(38(2)36)23-6-4-3-5-21(23)25(35)34-10-9-18-15-20(7-8-22(18)34)37-33-13-11-32(12-14-33)26-29-19(17-28)16-24(27)30-26/h3-8,15-16H,9-14H2,1-2H3. The number of nitriles is 1. The summed E-state index contributed by atoms with van der Waals surface area (Å²) in [6.07, 6.45) is 2.38. The molecule has 2 aliphatic heterocycles. The van der Waals surface area contributed by atoms with E-state index in [1.807, 2.05) is 40.1 Å². The predicted octanol–water partition coefficient (Wildman–Crippen LogP) is 3.76. The van der Waals surface area contributed by atoms with Crippen molar-refractivity contribution in [3.8, 4) is 6.07 Å². The van der Waals surface area contributed by atoms with Crippen molar-refractivity contribution in [1.29, 1.82) is 5.26 Å². The fourth-order valence-electron chi connectivity index (χ4n) is 4.59. The summed E-state index contributed by atoms with van der Waals surface area (Å²) in [7, 11) is 0.500. The van der Waals surface area contributed by atoms with Crippen LogP contribution in [0.1, 0.15) is 21.6 Å². The van der Waals surface area contributed by atoms with E-state index in [0.717, 1.165) is 48.7 Å². The second kappa shape index (κ2) is 11.3. The highest BCUT2D eigenvalue weighted by atomic mass is 35.5. The molecule has 2 aromatic carbocycles. The van der Waals surface area contributed by atoms with Gasteiger partial charge in [0, 0.05) is 62.7 Å². The molecule has 0 radical (unpaired) electrons. The summed E-state index contributed by atoms with van der Waals surface area (Å²) in [5, 5.41) is 9.42. The molecule has 1 atom stereocenters. The smallest absolute Gasteiger partial charge is 0.260 e. The van der Waals surface area contributed by atoms with Crippen molar-refractivity contribution in [2.45, 2.75) is 11.3 Å². The lowest BCUT2D eigenvalue weighted by Crippen LogP contribution is -2.44. The van der Waals surface area contributed by atoms with Crippen LogP contribution in [0.25, 0.3) is 0 Å². The maximum absolute atomic E-state index is 13.5. The number of piperazine rings is 1. The van der Waals surface area contributed by atoms with Gasteiger partial charge in [0.15, 0.2) is 0 Å². The van der Waals surface area contributed by atoms with E-state index < -0.39 is 11.0 Å². The Balaban J connectivity index is 1.25. The minimum Gasteiger partial charge on any atom is -0.338 e. The van der Waals surface area contributed by atoms with Gasteiger partial charge < -0.3 is 9.80 Å². The van der Waals surface area contributed by atoms with E-state index in [9.17, 15) is 9.00 Å². The third-order valence-electron chi connectivity index (χ3n) is 6.60. The maximum Gasteiger partial charge on any atom is 0.260 e. The predicted molar refractivity (Wildman–Crippen MR) is 152 cm³/mol. The van der Waals surface area contributed by atoms with Crippen molar-refractivity contribution in [3.05, 3.63) is 70.5 Å². The fraction of sp³-hybridized carbons (Fsp3) is 0.308. The van der Waals surface area contributed by atoms with E-state index in [-0.39, 0.29) is 16.8 Å². The number of fused-ring (bicyclic) bond motifs is 1. The Morgan fingerprint density at radius 3 is 2.61 bits per heavy atom. The first kappa shape index (κ1) is 26.4. The van der Waals surface area contributed by atoms with E-state index in [0.29, 0.717) is 23.7 Å². The number of anilines is 3. The van der Waals surface area contributed by atoms with Gasteiger partial charge in [-0.3, -0.25) is 9.10 Å². The van der Waals surface area contributed by atoms with Crippen molar-refractivity contribution < 1.29 is 9.00 Å². The Bertz CT molecular complexity index is 1440. The number of amides is 1. The molecule has 0 aliphatic carbocycles. The van der Waals surface area contributed by atoms with E-state index in [2.05, 4.69) is 26.4 Å². The van der Waals surface area contributed by atoms with Crippen LogP contribution in [0.2, 0.25) is 5.15 Å². The zero-order chi connectivity index (χ0) is 26.8. The normalized spacial score (nSPS) is 16.2. The average Bonchev–Trinajstić information content (AvgIpc) is 3.35. The SMILES string of the molecule is CN(c1ccccc1C(=O)N1CCc2cc(SN3CCN(c4nc(Cl)cc(C#N)n4)CC3)ccc21)S(C)=O. The highest BCUT2D eigenvalue weighted by Crippen LogP contribution is 2.35. The summed E-state index contributed by atoms with van der Waals surface area (Å²) in [5.74, 6) is 0.398. The second-order valence-electron chi connectivity index (χ2n) is 8.93. The van der Waals surface area contributed by atoms with Crippen LogP contribution in [0.3, 0.4) is 0 Å². The zero-order valence-electron chi connectivity index (χ0n) is 21.0. The van der Waals surface area contributed by atoms with Crippen molar-refractivity contribution in [2.75, 3.05) is 60.1 Å². The Morgan fingerprint density at radius 1 is 1.11 bits per heavy atom. The van der Waals surface area contributed by atoms with Crippen LogP contribution < -0.4 is 14.1 Å². The van der Waals surface area contributed by atoms with Gasteiger partial charge in [-0.1, -0.05) is 23.7 Å². The van der Waals surface area contributed by atoms with Crippen LogP contribution in [0.15, 0.2) is 53.4 Å². The molecule has 0 saturated carbocycles. The van der Waals surface area contributed by atoms with Crippen LogP contribution in [-0.2, 0) is 17.4 Å². The van der Waals surface area contributed by atoms with Crippen molar-refractivity contribution in [3.63, 3.8) is 0 Å². The molecule has 1 amide bonds. The first-order chi connectivity index (χ1) is 18.3. The highest BCUT2D eigenvalue weighted by molar-refractivity contribution is 7.97. The summed E-state index contributed by atoms with van der Waals surface area (Å²) in [6, 6.07) is 17.0. The van der Waals surface area contributed by atoms with Gasteiger partial charge >= 0.3 is 0 Å². The van der Waals surface area contributed by atoms with E-state index in [1.165, 1.54) is 6.07 Å². The zero-order valence-corrected chi connectivity index (χ0v) is 23.4. The molecule has 5 rings (SSSR count). The van der Waals surface area contributed by atoms with Crippen molar-refractivity contribution >= 4 is 57.8 Å². The van der Waals surface area contributed by atoms with Crippen LogP contribution >= 0.6 is 23.5 Å². The molecule has 0 bridgehead atoms. The number of nitrogens with zero attached hydrogens (tertiary/aromatic N) is 7. The maximum atomic E-state index is 13.5. The number of halogens is 1. The fourth-order valence-corrected chi connectivity index (χ4v) is 6.17. The number of rotatable bonds is 6. The second-order valence-corrected chi connectivity index (χ2v) is 11.9. The largest absolute Gasteiger partial charge is 0.338 e. The number of para-hydroxylation sites is 1. The van der Waals surface area contributed by atoms with Crippen molar-refractivity contribution in [2.24, 2.45) is 0 Å². The van der Waals surface area contributed by atoms with Crippen molar-refractivity contribution in [1.82, 2.24) is 14.3 Å². The molecule has 2 aliphatic rings. The number of aromatic nitrogens is 2. The first-order valence-corrected chi connectivity index (χ1v) is 14.7. The summed E-state index contributed by atoms with van der Waals surface area (Å²) < 4.78 is 16.0. The number of hydrogen-bond acceptors (Lipinski definition) is 8. The summed E-state index contributed by atoms with van der Waals surface area (Å²) in [6.45, 7) is 3.66. The molecule has 3 aromatic rings. The van der Waals surface area contributed by atoms with Crippen LogP contribution in [-0.4, -0.2) is 70.4 Å². The molecule has 1 unspecified atom stereocenters. The van der Waals surface area contributed by atoms with E-state index in [4.69, 9.17) is 16.9 Å². The van der Waals surface area contributed by atoms with E-state index in [1.54, 1.807) is 35.6 Å². The molecule has 196 valence electrons. The molecule has 1 saturated heterocycles. The van der Waals surface area contributed by atoms with Crippen LogP contribution in [0.5, 0.6) is 0 Å². The lowest BCUT2D eigenvalue weighted by Gasteiger charge is -2.33.